The first-order valence-corrected chi connectivity index (χ1v) is 6.89. The van der Waals surface area contributed by atoms with E-state index in [2.05, 4.69) is 26.3 Å². The molecule has 0 aliphatic rings. The molecule has 0 aromatic heterocycles. The average Bonchev–Trinajstić information content (AvgIpc) is 2.37. The summed E-state index contributed by atoms with van der Waals surface area (Å²) in [5, 5.41) is 9.25. The highest BCUT2D eigenvalue weighted by Gasteiger charge is 2.09. The molecule has 1 aromatic rings. The number of amides is 1. The van der Waals surface area contributed by atoms with Gasteiger partial charge in [0.25, 0.3) is 5.91 Å². The number of carbonyl (C=O) groups is 1. The van der Waals surface area contributed by atoms with E-state index >= 15 is 0 Å². The Balaban J connectivity index is 2.67. The van der Waals surface area contributed by atoms with Gasteiger partial charge in [0.2, 0.25) is 0 Å². The normalized spacial score (nSPS) is 12.5. The van der Waals surface area contributed by atoms with Gasteiger partial charge in [-0.1, -0.05) is 22.0 Å². The van der Waals surface area contributed by atoms with Gasteiger partial charge >= 0.3 is 0 Å². The SMILES string of the molecule is CC(O)CCN(C)Cc1ccc(C(=O)NN)cc1Br. The number of nitrogen functional groups attached to an aromatic ring is 1. The smallest absolute Gasteiger partial charge is 0.265 e. The first-order chi connectivity index (χ1) is 8.93. The van der Waals surface area contributed by atoms with Gasteiger partial charge in [-0.05, 0) is 38.1 Å². The zero-order valence-electron chi connectivity index (χ0n) is 11.2. The lowest BCUT2D eigenvalue weighted by atomic mass is 10.1. The van der Waals surface area contributed by atoms with Crippen molar-refractivity contribution >= 4 is 21.8 Å². The Kier molecular flexibility index (Phi) is 6.44. The number of halogens is 1. The number of carbonyl (C=O) groups excluding carboxylic acids is 1. The Morgan fingerprint density at radius 3 is 2.79 bits per heavy atom. The van der Waals surface area contributed by atoms with Crippen LogP contribution < -0.4 is 11.3 Å². The fourth-order valence-corrected chi connectivity index (χ4v) is 2.18. The zero-order valence-corrected chi connectivity index (χ0v) is 12.8. The van der Waals surface area contributed by atoms with Crippen LogP contribution in [0.15, 0.2) is 22.7 Å². The van der Waals surface area contributed by atoms with E-state index in [0.29, 0.717) is 5.56 Å². The lowest BCUT2D eigenvalue weighted by Crippen LogP contribution is -2.30. The molecule has 5 nitrogen and oxygen atoms in total. The molecule has 1 rings (SSSR count). The summed E-state index contributed by atoms with van der Waals surface area (Å²) in [4.78, 5) is 13.5. The van der Waals surface area contributed by atoms with E-state index in [9.17, 15) is 9.90 Å². The van der Waals surface area contributed by atoms with Gasteiger partial charge in [0.15, 0.2) is 0 Å². The van der Waals surface area contributed by atoms with E-state index in [4.69, 9.17) is 5.84 Å². The lowest BCUT2D eigenvalue weighted by Gasteiger charge is -2.18. The quantitative estimate of drug-likeness (QED) is 0.417. The Morgan fingerprint density at radius 2 is 2.26 bits per heavy atom. The van der Waals surface area contributed by atoms with E-state index in [0.717, 1.165) is 29.5 Å². The molecule has 0 heterocycles. The van der Waals surface area contributed by atoms with Crippen molar-refractivity contribution in [3.63, 3.8) is 0 Å². The third kappa shape index (κ3) is 5.28. The van der Waals surface area contributed by atoms with E-state index in [1.807, 2.05) is 13.1 Å². The number of hydrazine groups is 1. The maximum Gasteiger partial charge on any atom is 0.265 e. The summed E-state index contributed by atoms with van der Waals surface area (Å²) in [6.45, 7) is 3.34. The summed E-state index contributed by atoms with van der Waals surface area (Å²) in [6.07, 6.45) is 0.448. The summed E-state index contributed by atoms with van der Waals surface area (Å²) in [5.74, 6) is 4.78. The van der Waals surface area contributed by atoms with Crippen molar-refractivity contribution in [1.82, 2.24) is 10.3 Å². The number of rotatable bonds is 6. The van der Waals surface area contributed by atoms with Crippen molar-refractivity contribution in [1.29, 1.82) is 0 Å². The average molecular weight is 330 g/mol. The van der Waals surface area contributed by atoms with E-state index in [-0.39, 0.29) is 12.0 Å². The Labute approximate surface area is 121 Å². The van der Waals surface area contributed by atoms with Gasteiger partial charge in [0.1, 0.15) is 0 Å². The predicted octanol–water partition coefficient (Wildman–Crippen LogP) is 1.26. The summed E-state index contributed by atoms with van der Waals surface area (Å²) >= 11 is 3.46. The third-order valence-corrected chi connectivity index (χ3v) is 3.55. The monoisotopic (exact) mass is 329 g/mol. The molecule has 1 unspecified atom stereocenters. The maximum absolute atomic E-state index is 11.4. The zero-order chi connectivity index (χ0) is 14.4. The standard InChI is InChI=1S/C13H20BrN3O2/c1-9(18)5-6-17(2)8-11-4-3-10(7-12(11)14)13(19)16-15/h3-4,7,9,18H,5-6,8,15H2,1-2H3,(H,16,19). The molecule has 0 saturated heterocycles. The minimum atomic E-state index is -0.310. The van der Waals surface area contributed by atoms with Crippen LogP contribution >= 0.6 is 15.9 Å². The number of nitrogens with one attached hydrogen (secondary N) is 1. The van der Waals surface area contributed by atoms with Crippen LogP contribution in [0, 0.1) is 0 Å². The van der Waals surface area contributed by atoms with Crippen molar-refractivity contribution in [3.8, 4) is 0 Å². The number of aliphatic hydroxyl groups is 1. The van der Waals surface area contributed by atoms with E-state index in [1.165, 1.54) is 0 Å². The van der Waals surface area contributed by atoms with Crippen molar-refractivity contribution in [2.75, 3.05) is 13.6 Å². The van der Waals surface area contributed by atoms with Crippen LogP contribution in [0.2, 0.25) is 0 Å². The molecule has 1 aromatic carbocycles. The van der Waals surface area contributed by atoms with Gasteiger partial charge in [0, 0.05) is 23.1 Å². The molecule has 0 radical (unpaired) electrons. The maximum atomic E-state index is 11.4. The molecule has 6 heteroatoms. The van der Waals surface area contributed by atoms with Gasteiger partial charge in [-0.3, -0.25) is 10.2 Å². The van der Waals surface area contributed by atoms with Crippen molar-refractivity contribution in [2.24, 2.45) is 5.84 Å². The second-order valence-corrected chi connectivity index (χ2v) is 5.51. The molecule has 0 spiro atoms. The predicted molar refractivity (Wildman–Crippen MR) is 78.4 cm³/mol. The van der Waals surface area contributed by atoms with Crippen molar-refractivity contribution in [3.05, 3.63) is 33.8 Å². The third-order valence-electron chi connectivity index (χ3n) is 2.82. The summed E-state index contributed by atoms with van der Waals surface area (Å²) < 4.78 is 0.873. The number of benzene rings is 1. The molecule has 1 atom stereocenters. The Morgan fingerprint density at radius 1 is 1.58 bits per heavy atom. The van der Waals surface area contributed by atoms with E-state index < -0.39 is 0 Å². The number of nitrogens with zero attached hydrogens (tertiary/aromatic N) is 1. The number of hydrogen-bond donors (Lipinski definition) is 3. The summed E-state index contributed by atoms with van der Waals surface area (Å²) in [5.41, 5.74) is 3.71. The van der Waals surface area contributed by atoms with Gasteiger partial charge in [0.05, 0.1) is 6.10 Å². The van der Waals surface area contributed by atoms with Gasteiger partial charge < -0.3 is 10.0 Å². The Hall–Kier alpha value is -0.950. The Bertz CT molecular complexity index is 438. The summed E-state index contributed by atoms with van der Waals surface area (Å²) in [7, 11) is 2.00. The first kappa shape index (κ1) is 16.1. The molecule has 4 N–H and O–H groups in total. The van der Waals surface area contributed by atoms with Crippen LogP contribution in [0.25, 0.3) is 0 Å². The molecule has 0 saturated carbocycles. The fourth-order valence-electron chi connectivity index (χ4n) is 1.68. The van der Waals surface area contributed by atoms with Crippen LogP contribution in [-0.2, 0) is 6.54 Å². The van der Waals surface area contributed by atoms with Gasteiger partial charge in [-0.15, -0.1) is 0 Å². The highest BCUT2D eigenvalue weighted by molar-refractivity contribution is 9.10. The van der Waals surface area contributed by atoms with Crippen LogP contribution in [-0.4, -0.2) is 35.6 Å². The minimum absolute atomic E-state index is 0.290. The first-order valence-electron chi connectivity index (χ1n) is 6.10. The van der Waals surface area contributed by atoms with Crippen molar-refractivity contribution in [2.45, 2.75) is 26.0 Å². The molecule has 1 amide bonds. The lowest BCUT2D eigenvalue weighted by molar-refractivity contribution is 0.0953. The van der Waals surface area contributed by atoms with Crippen LogP contribution in [0.3, 0.4) is 0 Å². The van der Waals surface area contributed by atoms with Crippen LogP contribution in [0.4, 0.5) is 0 Å². The second kappa shape index (κ2) is 7.59. The molecule has 19 heavy (non-hydrogen) atoms. The van der Waals surface area contributed by atoms with Crippen LogP contribution in [0.5, 0.6) is 0 Å². The molecule has 0 bridgehead atoms. The summed E-state index contributed by atoms with van der Waals surface area (Å²) in [6, 6.07) is 5.39. The van der Waals surface area contributed by atoms with Gasteiger partial charge in [-0.25, -0.2) is 5.84 Å². The van der Waals surface area contributed by atoms with Crippen LogP contribution in [0.1, 0.15) is 29.3 Å². The number of hydrogen-bond acceptors (Lipinski definition) is 4. The van der Waals surface area contributed by atoms with E-state index in [1.54, 1.807) is 19.1 Å². The molecular formula is C13H20BrN3O2. The number of aliphatic hydroxyl groups excluding tert-OH is 1. The highest BCUT2D eigenvalue weighted by atomic mass is 79.9. The molecule has 106 valence electrons. The highest BCUT2D eigenvalue weighted by Crippen LogP contribution is 2.20. The topological polar surface area (TPSA) is 78.6 Å². The second-order valence-electron chi connectivity index (χ2n) is 4.66. The molecule has 0 aliphatic heterocycles. The molecular weight excluding hydrogens is 310 g/mol. The molecule has 0 aliphatic carbocycles. The van der Waals surface area contributed by atoms with Gasteiger partial charge in [-0.2, -0.15) is 0 Å². The minimum Gasteiger partial charge on any atom is -0.393 e. The molecule has 0 fully saturated rings. The largest absolute Gasteiger partial charge is 0.393 e. The van der Waals surface area contributed by atoms with Crippen molar-refractivity contribution < 1.29 is 9.90 Å². The number of nitrogens with two attached hydrogens (primary N) is 1. The fraction of sp³-hybridized carbons (Fsp3) is 0.462.